The largest absolute Gasteiger partial charge is 0.409 e. The maximum atomic E-state index is 9.09. The second kappa shape index (κ2) is 4.80. The highest BCUT2D eigenvalue weighted by molar-refractivity contribution is 6.01. The zero-order valence-electron chi connectivity index (χ0n) is 10.1. The van der Waals surface area contributed by atoms with Gasteiger partial charge in [-0.1, -0.05) is 40.7 Å². The number of hydrogen-bond acceptors (Lipinski definition) is 8. The third-order valence-corrected chi connectivity index (χ3v) is 2.60. The molecule has 100 valence electrons. The van der Waals surface area contributed by atoms with Crippen LogP contribution in [-0.4, -0.2) is 36.4 Å². The van der Waals surface area contributed by atoms with E-state index in [0.29, 0.717) is 5.69 Å². The lowest BCUT2D eigenvalue weighted by Gasteiger charge is -1.98. The molecular weight excluding hydrogens is 262 g/mol. The van der Waals surface area contributed by atoms with Crippen LogP contribution >= 0.6 is 0 Å². The van der Waals surface area contributed by atoms with Crippen molar-refractivity contribution in [3.63, 3.8) is 0 Å². The van der Waals surface area contributed by atoms with Crippen molar-refractivity contribution in [2.75, 3.05) is 5.73 Å². The van der Waals surface area contributed by atoms with E-state index in [1.165, 1.54) is 4.68 Å². The zero-order valence-corrected chi connectivity index (χ0v) is 10.1. The van der Waals surface area contributed by atoms with Crippen molar-refractivity contribution in [2.24, 2.45) is 5.16 Å². The molecular formula is C11H9N7O2. The van der Waals surface area contributed by atoms with Crippen molar-refractivity contribution in [3.8, 4) is 11.3 Å². The Morgan fingerprint density at radius 2 is 2.05 bits per heavy atom. The maximum Gasteiger partial charge on any atom is 0.227 e. The van der Waals surface area contributed by atoms with Crippen molar-refractivity contribution in [1.82, 2.24) is 25.3 Å². The Morgan fingerprint density at radius 3 is 2.70 bits per heavy atom. The highest BCUT2D eigenvalue weighted by atomic mass is 16.6. The summed E-state index contributed by atoms with van der Waals surface area (Å²) in [6, 6.07) is 9.44. The van der Waals surface area contributed by atoms with Gasteiger partial charge in [-0.2, -0.15) is 4.68 Å². The van der Waals surface area contributed by atoms with Gasteiger partial charge in [-0.15, -0.1) is 5.10 Å². The van der Waals surface area contributed by atoms with E-state index in [4.69, 9.17) is 10.9 Å². The molecule has 0 aliphatic rings. The first kappa shape index (κ1) is 11.8. The van der Waals surface area contributed by atoms with Gasteiger partial charge in [-0.25, -0.2) is 4.63 Å². The lowest BCUT2D eigenvalue weighted by molar-refractivity contribution is 0.304. The molecule has 0 spiro atoms. The molecule has 0 saturated heterocycles. The van der Waals surface area contributed by atoms with Gasteiger partial charge in [-0.3, -0.25) is 0 Å². The van der Waals surface area contributed by atoms with Gasteiger partial charge >= 0.3 is 0 Å². The van der Waals surface area contributed by atoms with Crippen molar-refractivity contribution >= 4 is 11.7 Å². The van der Waals surface area contributed by atoms with E-state index in [-0.39, 0.29) is 17.3 Å². The first-order valence-corrected chi connectivity index (χ1v) is 5.58. The van der Waals surface area contributed by atoms with Gasteiger partial charge in [0.25, 0.3) is 0 Å². The van der Waals surface area contributed by atoms with Crippen molar-refractivity contribution in [2.45, 2.75) is 0 Å². The Kier molecular flexibility index (Phi) is 2.84. The number of rotatable bonds is 2. The fourth-order valence-corrected chi connectivity index (χ4v) is 1.66. The summed E-state index contributed by atoms with van der Waals surface area (Å²) in [5.41, 5.74) is 7.12. The third kappa shape index (κ3) is 1.96. The van der Waals surface area contributed by atoms with Gasteiger partial charge in [0.2, 0.25) is 5.84 Å². The molecule has 9 heteroatoms. The Hall–Kier alpha value is -3.23. The number of nitrogen functional groups attached to an aromatic ring is 1. The fourth-order valence-electron chi connectivity index (χ4n) is 1.66. The molecule has 2 aromatic heterocycles. The molecule has 0 aliphatic heterocycles. The van der Waals surface area contributed by atoms with Crippen LogP contribution in [0.25, 0.3) is 11.3 Å². The number of nitrogens with zero attached hydrogens (tertiary/aromatic N) is 6. The molecule has 0 unspecified atom stereocenters. The lowest BCUT2D eigenvalue weighted by Crippen LogP contribution is -2.16. The van der Waals surface area contributed by atoms with Gasteiger partial charge in [-0.05, 0) is 10.3 Å². The quantitative estimate of drug-likeness (QED) is 0.302. The number of aromatic nitrogens is 5. The van der Waals surface area contributed by atoms with Gasteiger partial charge in [0.1, 0.15) is 5.69 Å². The van der Waals surface area contributed by atoms with Crippen molar-refractivity contribution in [1.29, 1.82) is 0 Å². The number of hydrogen-bond donors (Lipinski definition) is 2. The SMILES string of the molecule is Nc1nonc1/C(=N\O)n1cc(-c2ccccc2)nn1. The number of oxime groups is 1. The Morgan fingerprint density at radius 1 is 1.25 bits per heavy atom. The topological polar surface area (TPSA) is 128 Å². The summed E-state index contributed by atoms with van der Waals surface area (Å²) < 4.78 is 5.70. The van der Waals surface area contributed by atoms with Crippen LogP contribution in [0, 0.1) is 0 Å². The van der Waals surface area contributed by atoms with E-state index in [1.54, 1.807) is 6.20 Å². The predicted molar refractivity (Wildman–Crippen MR) is 67.9 cm³/mol. The second-order valence-electron chi connectivity index (χ2n) is 3.84. The average Bonchev–Trinajstić information content (AvgIpc) is 3.12. The molecule has 0 saturated carbocycles. The summed E-state index contributed by atoms with van der Waals surface area (Å²) in [7, 11) is 0. The summed E-state index contributed by atoms with van der Waals surface area (Å²) in [4.78, 5) is 0. The van der Waals surface area contributed by atoms with Crippen LogP contribution in [0.2, 0.25) is 0 Å². The highest BCUT2D eigenvalue weighted by Crippen LogP contribution is 2.16. The normalized spacial score (nSPS) is 11.7. The van der Waals surface area contributed by atoms with Crippen LogP contribution in [-0.2, 0) is 0 Å². The van der Waals surface area contributed by atoms with Gasteiger partial charge < -0.3 is 10.9 Å². The molecule has 0 radical (unpaired) electrons. The molecule has 0 fully saturated rings. The molecule has 1 aromatic carbocycles. The van der Waals surface area contributed by atoms with Crippen molar-refractivity contribution < 1.29 is 9.84 Å². The van der Waals surface area contributed by atoms with E-state index in [9.17, 15) is 0 Å². The first-order valence-electron chi connectivity index (χ1n) is 5.58. The first-order chi connectivity index (χ1) is 9.79. The number of anilines is 1. The van der Waals surface area contributed by atoms with Crippen LogP contribution in [0.5, 0.6) is 0 Å². The summed E-state index contributed by atoms with van der Waals surface area (Å²) in [6.45, 7) is 0. The molecule has 2 heterocycles. The summed E-state index contributed by atoms with van der Waals surface area (Å²) in [6.07, 6.45) is 1.58. The molecule has 20 heavy (non-hydrogen) atoms. The molecule has 9 nitrogen and oxygen atoms in total. The summed E-state index contributed by atoms with van der Waals surface area (Å²) in [5.74, 6) is -0.0343. The van der Waals surface area contributed by atoms with Crippen LogP contribution in [0.4, 0.5) is 5.82 Å². The van der Waals surface area contributed by atoms with Gasteiger partial charge in [0.05, 0.1) is 6.20 Å². The van der Waals surface area contributed by atoms with E-state index >= 15 is 0 Å². The standard InChI is InChI=1S/C11H9N7O2/c12-10-9(15-20-16-10)11(14-19)18-6-8(13-17-18)7-4-2-1-3-5-7/h1-6,19H,(H2,12,16)/b14-11+. The van der Waals surface area contributed by atoms with Gasteiger partial charge in [0.15, 0.2) is 11.5 Å². The van der Waals surface area contributed by atoms with E-state index in [1.807, 2.05) is 30.3 Å². The maximum absolute atomic E-state index is 9.09. The summed E-state index contributed by atoms with van der Waals surface area (Å²) >= 11 is 0. The van der Waals surface area contributed by atoms with Crippen molar-refractivity contribution in [3.05, 3.63) is 42.2 Å². The van der Waals surface area contributed by atoms with Crippen LogP contribution < -0.4 is 5.73 Å². The van der Waals surface area contributed by atoms with Gasteiger partial charge in [0, 0.05) is 5.56 Å². The predicted octanol–water partition coefficient (Wildman–Crippen LogP) is 0.594. The van der Waals surface area contributed by atoms with E-state index < -0.39 is 0 Å². The van der Waals surface area contributed by atoms with E-state index in [2.05, 4.69) is 30.4 Å². The molecule has 0 amide bonds. The number of benzene rings is 1. The molecule has 3 N–H and O–H groups in total. The zero-order chi connectivity index (χ0) is 13.9. The molecule has 0 bridgehead atoms. The van der Waals surface area contributed by atoms with Crippen LogP contribution in [0.15, 0.2) is 46.3 Å². The average molecular weight is 271 g/mol. The molecule has 0 aliphatic carbocycles. The fraction of sp³-hybridized carbons (Fsp3) is 0. The Balaban J connectivity index is 2.00. The smallest absolute Gasteiger partial charge is 0.227 e. The molecule has 3 aromatic rings. The molecule has 0 atom stereocenters. The molecule has 3 rings (SSSR count). The Labute approximate surface area is 112 Å². The Bertz CT molecular complexity index is 747. The minimum Gasteiger partial charge on any atom is -0.409 e. The van der Waals surface area contributed by atoms with Crippen LogP contribution in [0.3, 0.4) is 0 Å². The monoisotopic (exact) mass is 271 g/mol. The lowest BCUT2D eigenvalue weighted by atomic mass is 10.2. The number of nitrogens with two attached hydrogens (primary N) is 1. The van der Waals surface area contributed by atoms with Crippen LogP contribution in [0.1, 0.15) is 5.69 Å². The summed E-state index contributed by atoms with van der Waals surface area (Å²) in [5, 5.41) is 27.0. The highest BCUT2D eigenvalue weighted by Gasteiger charge is 2.18. The minimum absolute atomic E-state index is 0.00504. The second-order valence-corrected chi connectivity index (χ2v) is 3.84. The van der Waals surface area contributed by atoms with E-state index in [0.717, 1.165) is 5.56 Å². The minimum atomic E-state index is -0.0292. The third-order valence-electron chi connectivity index (χ3n) is 2.60.